The largest absolute Gasteiger partial charge is 0.326 e. The summed E-state index contributed by atoms with van der Waals surface area (Å²) in [5.41, 5.74) is 7.57. The molecule has 3 N–H and O–H groups in total. The van der Waals surface area contributed by atoms with Crippen LogP contribution in [0.3, 0.4) is 0 Å². The molecule has 1 aliphatic heterocycles. The minimum atomic E-state index is -0.00815. The highest BCUT2D eigenvalue weighted by atomic mass is 32.1. The first-order valence-electron chi connectivity index (χ1n) is 14.2. The summed E-state index contributed by atoms with van der Waals surface area (Å²) < 4.78 is 2.27. The topological polar surface area (TPSA) is 90.3 Å². The SMILES string of the molecule is O=C(NC1=CC2CC2C=C(c2cn3c(CN4CCNCC4)csc3n2)C1)C1=CC2CCC2C(c2ccn[nH]2)=C1. The van der Waals surface area contributed by atoms with Crippen molar-refractivity contribution < 1.29 is 4.79 Å². The maximum atomic E-state index is 13.5. The Morgan fingerprint density at radius 2 is 2.03 bits per heavy atom. The maximum absolute atomic E-state index is 13.5. The fraction of sp³-hybridized carbons (Fsp3) is 0.433. The van der Waals surface area contributed by atoms with Crippen LogP contribution in [0.25, 0.3) is 16.1 Å². The number of carbonyl (C=O) groups excluding carboxylic acids is 1. The van der Waals surface area contributed by atoms with Crippen LogP contribution < -0.4 is 10.6 Å². The molecular formula is C30H33N7OS. The number of nitrogens with zero attached hydrogens (tertiary/aromatic N) is 4. The minimum Gasteiger partial charge on any atom is -0.326 e. The number of carbonyl (C=O) groups is 1. The van der Waals surface area contributed by atoms with Gasteiger partial charge in [-0.2, -0.15) is 5.10 Å². The molecule has 2 saturated carbocycles. The maximum Gasteiger partial charge on any atom is 0.255 e. The summed E-state index contributed by atoms with van der Waals surface area (Å²) in [6, 6.07) is 2.01. The van der Waals surface area contributed by atoms with E-state index in [-0.39, 0.29) is 5.91 Å². The highest BCUT2D eigenvalue weighted by molar-refractivity contribution is 7.15. The van der Waals surface area contributed by atoms with Crippen LogP contribution in [0.2, 0.25) is 0 Å². The fourth-order valence-corrected chi connectivity index (χ4v) is 7.50. The molecule has 39 heavy (non-hydrogen) atoms. The molecule has 3 fully saturated rings. The molecule has 0 bridgehead atoms. The highest BCUT2D eigenvalue weighted by Crippen LogP contribution is 2.48. The Hall–Kier alpha value is -3.27. The summed E-state index contributed by atoms with van der Waals surface area (Å²) in [5, 5.41) is 16.2. The van der Waals surface area contributed by atoms with Crippen LogP contribution in [0.1, 0.15) is 42.8 Å². The van der Waals surface area contributed by atoms with Crippen molar-refractivity contribution in [2.24, 2.45) is 23.7 Å². The number of thiazole rings is 1. The molecule has 3 aromatic heterocycles. The molecule has 4 atom stereocenters. The number of allylic oxidation sites excluding steroid dienone is 5. The van der Waals surface area contributed by atoms with E-state index in [1.165, 1.54) is 23.3 Å². The highest BCUT2D eigenvalue weighted by Gasteiger charge is 2.38. The van der Waals surface area contributed by atoms with Crippen molar-refractivity contribution in [3.63, 3.8) is 0 Å². The van der Waals surface area contributed by atoms with Crippen LogP contribution >= 0.6 is 11.3 Å². The molecular weight excluding hydrogens is 506 g/mol. The lowest BCUT2D eigenvalue weighted by Crippen LogP contribution is -2.43. The summed E-state index contributed by atoms with van der Waals surface area (Å²) in [4.78, 5) is 22.1. The molecule has 0 spiro atoms. The van der Waals surface area contributed by atoms with Gasteiger partial charge in [0.25, 0.3) is 5.91 Å². The third-order valence-corrected chi connectivity index (χ3v) is 9.98. The lowest BCUT2D eigenvalue weighted by molar-refractivity contribution is -0.116. The Morgan fingerprint density at radius 1 is 1.13 bits per heavy atom. The molecule has 4 unspecified atom stereocenters. The second-order valence-corrected chi connectivity index (χ2v) is 12.5. The van der Waals surface area contributed by atoms with E-state index in [0.717, 1.165) is 73.2 Å². The lowest BCUT2D eigenvalue weighted by atomic mass is 9.65. The van der Waals surface area contributed by atoms with Gasteiger partial charge < -0.3 is 10.6 Å². The van der Waals surface area contributed by atoms with Gasteiger partial charge in [0.2, 0.25) is 0 Å². The van der Waals surface area contributed by atoms with Gasteiger partial charge in [0.15, 0.2) is 4.96 Å². The van der Waals surface area contributed by atoms with Crippen LogP contribution in [-0.2, 0) is 11.3 Å². The molecule has 4 heterocycles. The van der Waals surface area contributed by atoms with Gasteiger partial charge in [0, 0.05) is 73.9 Å². The van der Waals surface area contributed by atoms with E-state index in [0.29, 0.717) is 30.1 Å². The molecule has 1 saturated heterocycles. The van der Waals surface area contributed by atoms with E-state index in [1.54, 1.807) is 17.5 Å². The molecule has 0 radical (unpaired) electrons. The molecule has 3 aromatic rings. The number of hydrogen-bond donors (Lipinski definition) is 3. The number of aromatic amines is 1. The van der Waals surface area contributed by atoms with E-state index >= 15 is 0 Å². The van der Waals surface area contributed by atoms with Crippen molar-refractivity contribution in [3.05, 3.63) is 76.5 Å². The van der Waals surface area contributed by atoms with Gasteiger partial charge in [-0.05, 0) is 66.2 Å². The Labute approximate surface area is 231 Å². The number of nitrogens with one attached hydrogen (secondary N) is 3. The van der Waals surface area contributed by atoms with E-state index < -0.39 is 0 Å². The Kier molecular flexibility index (Phi) is 5.71. The monoisotopic (exact) mass is 539 g/mol. The number of hydrogen-bond acceptors (Lipinski definition) is 6. The van der Waals surface area contributed by atoms with Crippen LogP contribution in [0.15, 0.2) is 59.4 Å². The number of fused-ring (bicyclic) bond motifs is 3. The van der Waals surface area contributed by atoms with Crippen molar-refractivity contribution in [2.75, 3.05) is 26.2 Å². The van der Waals surface area contributed by atoms with Gasteiger partial charge in [-0.3, -0.25) is 19.2 Å². The first kappa shape index (κ1) is 23.6. The average Bonchev–Trinajstić information content (AvgIpc) is 3.27. The molecule has 9 heteroatoms. The van der Waals surface area contributed by atoms with Crippen LogP contribution in [0.4, 0.5) is 0 Å². The van der Waals surface area contributed by atoms with Crippen LogP contribution in [0.5, 0.6) is 0 Å². The molecule has 0 aromatic carbocycles. The summed E-state index contributed by atoms with van der Waals surface area (Å²) in [6.45, 7) is 5.22. The number of aromatic nitrogens is 4. The summed E-state index contributed by atoms with van der Waals surface area (Å²) in [5.74, 6) is 1.98. The molecule has 200 valence electrons. The summed E-state index contributed by atoms with van der Waals surface area (Å²) in [6.07, 6.45) is 17.1. The fourth-order valence-electron chi connectivity index (χ4n) is 6.63. The van der Waals surface area contributed by atoms with Gasteiger partial charge in [0.1, 0.15) is 0 Å². The Morgan fingerprint density at radius 3 is 2.85 bits per heavy atom. The predicted molar refractivity (Wildman–Crippen MR) is 152 cm³/mol. The molecule has 5 aliphatic rings. The molecule has 8 rings (SSSR count). The smallest absolute Gasteiger partial charge is 0.255 e. The van der Waals surface area contributed by atoms with Gasteiger partial charge in [0.05, 0.1) is 11.4 Å². The summed E-state index contributed by atoms with van der Waals surface area (Å²) in [7, 11) is 0. The Balaban J connectivity index is 1.01. The van der Waals surface area contributed by atoms with E-state index in [1.807, 2.05) is 6.07 Å². The quantitative estimate of drug-likeness (QED) is 0.441. The Bertz CT molecular complexity index is 1550. The third kappa shape index (κ3) is 4.42. The number of piperazine rings is 1. The normalized spacial score (nSPS) is 28.3. The van der Waals surface area contributed by atoms with E-state index in [9.17, 15) is 4.79 Å². The van der Waals surface area contributed by atoms with Gasteiger partial charge in [-0.1, -0.05) is 18.2 Å². The zero-order chi connectivity index (χ0) is 25.9. The van der Waals surface area contributed by atoms with Crippen LogP contribution in [-0.4, -0.2) is 56.6 Å². The van der Waals surface area contributed by atoms with Crippen molar-refractivity contribution in [2.45, 2.75) is 32.2 Å². The average molecular weight is 540 g/mol. The van der Waals surface area contributed by atoms with E-state index in [2.05, 4.69) is 66.0 Å². The lowest BCUT2D eigenvalue weighted by Gasteiger charge is -2.39. The minimum absolute atomic E-state index is 0.00815. The first-order chi connectivity index (χ1) is 19.2. The molecule has 8 nitrogen and oxygen atoms in total. The predicted octanol–water partition coefficient (Wildman–Crippen LogP) is 4.00. The number of H-pyrrole nitrogens is 1. The molecule has 1 amide bonds. The van der Waals surface area contributed by atoms with Crippen LogP contribution in [0, 0.1) is 23.7 Å². The van der Waals surface area contributed by atoms with Crippen molar-refractivity contribution in [3.8, 4) is 0 Å². The second kappa shape index (κ2) is 9.43. The first-order valence-corrected chi connectivity index (χ1v) is 15.1. The second-order valence-electron chi connectivity index (χ2n) is 11.6. The molecule has 4 aliphatic carbocycles. The van der Waals surface area contributed by atoms with Gasteiger partial charge in [-0.15, -0.1) is 11.3 Å². The van der Waals surface area contributed by atoms with Gasteiger partial charge >= 0.3 is 0 Å². The standard InChI is InChI=1S/C30H33N7OS/c38-29(22-9-18-1-2-25(18)26(14-22)27-3-4-32-35-27)33-23-12-20-10-19(20)11-21(13-23)28-16-37-24(17-39-30(37)34-28)15-36-7-5-31-6-8-36/h3-4,9,11-12,14,16-20,25,31H,1-2,5-8,10,13,15H2,(H,32,35)(H,33,38). The van der Waals surface area contributed by atoms with Crippen molar-refractivity contribution >= 4 is 33.4 Å². The summed E-state index contributed by atoms with van der Waals surface area (Å²) >= 11 is 1.72. The van der Waals surface area contributed by atoms with E-state index in [4.69, 9.17) is 4.98 Å². The third-order valence-electron chi connectivity index (χ3n) is 9.09. The van der Waals surface area contributed by atoms with Crippen molar-refractivity contribution in [1.29, 1.82) is 0 Å². The van der Waals surface area contributed by atoms with Gasteiger partial charge in [-0.25, -0.2) is 4.98 Å². The number of imidazole rings is 1. The zero-order valence-corrected chi connectivity index (χ0v) is 22.7. The van der Waals surface area contributed by atoms with Crippen molar-refractivity contribution in [1.82, 2.24) is 35.1 Å². The zero-order valence-electron chi connectivity index (χ0n) is 21.9. The number of rotatable bonds is 6. The number of amides is 1.